The van der Waals surface area contributed by atoms with Gasteiger partial charge in [-0.25, -0.2) is 4.98 Å². The molecule has 1 saturated heterocycles. The van der Waals surface area contributed by atoms with Crippen molar-refractivity contribution in [3.05, 3.63) is 35.7 Å². The van der Waals surface area contributed by atoms with Crippen molar-refractivity contribution >= 4 is 22.6 Å². The molecule has 0 atom stereocenters. The van der Waals surface area contributed by atoms with Crippen LogP contribution in [-0.2, 0) is 12.8 Å². The summed E-state index contributed by atoms with van der Waals surface area (Å²) in [5, 5.41) is 4.55. The minimum absolute atomic E-state index is 0.892. The molecule has 1 aromatic heterocycles. The fourth-order valence-corrected chi connectivity index (χ4v) is 4.04. The maximum absolute atomic E-state index is 5.21. The van der Waals surface area contributed by atoms with Crippen molar-refractivity contribution in [3.8, 4) is 5.75 Å². The summed E-state index contributed by atoms with van der Waals surface area (Å²) in [5.74, 6) is 2.83. The highest BCUT2D eigenvalue weighted by atomic mass is 32.1. The van der Waals surface area contributed by atoms with E-state index in [0.717, 1.165) is 74.7 Å². The Balaban J connectivity index is 1.40. The number of aliphatic imine (C=N–C) groups is 1. The first-order valence-corrected chi connectivity index (χ1v) is 10.7. The highest BCUT2D eigenvalue weighted by molar-refractivity contribution is 7.09. The Hall–Kier alpha value is -2.35. The Morgan fingerprint density at radius 1 is 1.21 bits per heavy atom. The number of benzene rings is 1. The van der Waals surface area contributed by atoms with Gasteiger partial charge in [0.15, 0.2) is 5.96 Å². The van der Waals surface area contributed by atoms with Gasteiger partial charge in [0.2, 0.25) is 5.13 Å². The van der Waals surface area contributed by atoms with Crippen molar-refractivity contribution in [1.29, 1.82) is 0 Å². The van der Waals surface area contributed by atoms with Gasteiger partial charge < -0.3 is 19.9 Å². The van der Waals surface area contributed by atoms with Gasteiger partial charge in [0.05, 0.1) is 7.11 Å². The van der Waals surface area contributed by atoms with Crippen LogP contribution in [0.25, 0.3) is 0 Å². The SMILES string of the molecule is CCc1nsc(N2CCN(C(=NC)NCCCc3ccc(OC)cc3)CC2)n1. The minimum atomic E-state index is 0.892. The molecule has 0 saturated carbocycles. The predicted octanol–water partition coefficient (Wildman–Crippen LogP) is 2.44. The van der Waals surface area contributed by atoms with Crippen LogP contribution in [0, 0.1) is 0 Å². The van der Waals surface area contributed by atoms with E-state index in [1.54, 1.807) is 7.11 Å². The highest BCUT2D eigenvalue weighted by Gasteiger charge is 2.21. The first-order chi connectivity index (χ1) is 13.7. The molecule has 0 radical (unpaired) electrons. The lowest BCUT2D eigenvalue weighted by atomic mass is 10.1. The van der Waals surface area contributed by atoms with Crippen LogP contribution in [0.15, 0.2) is 29.3 Å². The number of nitrogens with one attached hydrogen (secondary N) is 1. The summed E-state index contributed by atoms with van der Waals surface area (Å²) >= 11 is 1.51. The van der Waals surface area contributed by atoms with Crippen molar-refractivity contribution in [2.24, 2.45) is 4.99 Å². The topological polar surface area (TPSA) is 65.9 Å². The molecular weight excluding hydrogens is 372 g/mol. The van der Waals surface area contributed by atoms with E-state index in [1.807, 2.05) is 19.2 Å². The fraction of sp³-hybridized carbons (Fsp3) is 0.550. The van der Waals surface area contributed by atoms with Crippen molar-refractivity contribution < 1.29 is 4.74 Å². The molecule has 1 N–H and O–H groups in total. The minimum Gasteiger partial charge on any atom is -0.497 e. The zero-order valence-electron chi connectivity index (χ0n) is 17.0. The smallest absolute Gasteiger partial charge is 0.205 e. The molecule has 0 amide bonds. The number of ether oxygens (including phenoxy) is 1. The molecule has 1 aliphatic heterocycles. The van der Waals surface area contributed by atoms with Crippen LogP contribution in [0.3, 0.4) is 0 Å². The summed E-state index contributed by atoms with van der Waals surface area (Å²) in [7, 11) is 3.55. The van der Waals surface area contributed by atoms with Gasteiger partial charge >= 0.3 is 0 Å². The van der Waals surface area contributed by atoms with Crippen LogP contribution in [0.2, 0.25) is 0 Å². The van der Waals surface area contributed by atoms with Crippen LogP contribution in [0.1, 0.15) is 24.7 Å². The molecule has 0 spiro atoms. The van der Waals surface area contributed by atoms with Crippen molar-refractivity contribution in [2.45, 2.75) is 26.2 Å². The molecule has 1 aromatic carbocycles. The average Bonchev–Trinajstić information content (AvgIpc) is 3.24. The summed E-state index contributed by atoms with van der Waals surface area (Å²) in [5.41, 5.74) is 1.33. The zero-order valence-corrected chi connectivity index (χ0v) is 17.8. The molecule has 0 bridgehead atoms. The second-order valence-electron chi connectivity index (χ2n) is 6.75. The lowest BCUT2D eigenvalue weighted by molar-refractivity contribution is 0.372. The lowest BCUT2D eigenvalue weighted by Crippen LogP contribution is -2.52. The van der Waals surface area contributed by atoms with Gasteiger partial charge in [0.1, 0.15) is 11.6 Å². The number of nitrogens with zero attached hydrogens (tertiary/aromatic N) is 5. The summed E-state index contributed by atoms with van der Waals surface area (Å²) in [4.78, 5) is 13.7. The van der Waals surface area contributed by atoms with Crippen LogP contribution in [0.5, 0.6) is 5.75 Å². The number of hydrogen-bond donors (Lipinski definition) is 1. The van der Waals surface area contributed by atoms with Crippen molar-refractivity contribution in [2.75, 3.05) is 51.8 Å². The van der Waals surface area contributed by atoms with E-state index in [-0.39, 0.29) is 0 Å². The number of hydrogen-bond acceptors (Lipinski definition) is 6. The van der Waals surface area contributed by atoms with Crippen LogP contribution < -0.4 is 15.0 Å². The molecule has 28 heavy (non-hydrogen) atoms. The van der Waals surface area contributed by atoms with E-state index < -0.39 is 0 Å². The highest BCUT2D eigenvalue weighted by Crippen LogP contribution is 2.19. The van der Waals surface area contributed by atoms with Gasteiger partial charge in [0, 0.05) is 57.7 Å². The molecular formula is C20H30N6OS. The van der Waals surface area contributed by atoms with E-state index >= 15 is 0 Å². The van der Waals surface area contributed by atoms with E-state index in [2.05, 4.69) is 48.5 Å². The maximum Gasteiger partial charge on any atom is 0.205 e. The summed E-state index contributed by atoms with van der Waals surface area (Å²) in [6.07, 6.45) is 3.00. The van der Waals surface area contributed by atoms with Crippen LogP contribution in [0.4, 0.5) is 5.13 Å². The number of aryl methyl sites for hydroxylation is 2. The molecule has 0 aliphatic carbocycles. The Morgan fingerprint density at radius 3 is 2.57 bits per heavy atom. The van der Waals surface area contributed by atoms with Crippen molar-refractivity contribution in [3.63, 3.8) is 0 Å². The van der Waals surface area contributed by atoms with E-state index in [4.69, 9.17) is 4.74 Å². The monoisotopic (exact) mass is 402 g/mol. The quantitative estimate of drug-likeness (QED) is 0.436. The lowest BCUT2D eigenvalue weighted by Gasteiger charge is -2.36. The van der Waals surface area contributed by atoms with Gasteiger partial charge in [-0.05, 0) is 30.5 Å². The molecule has 2 heterocycles. The number of aromatic nitrogens is 2. The number of guanidine groups is 1. The van der Waals surface area contributed by atoms with Gasteiger partial charge in [0.25, 0.3) is 0 Å². The van der Waals surface area contributed by atoms with Gasteiger partial charge in [-0.2, -0.15) is 4.37 Å². The average molecular weight is 403 g/mol. The van der Waals surface area contributed by atoms with Crippen LogP contribution >= 0.6 is 11.5 Å². The maximum atomic E-state index is 5.21. The number of rotatable bonds is 7. The van der Waals surface area contributed by atoms with Gasteiger partial charge in [-0.1, -0.05) is 19.1 Å². The van der Waals surface area contributed by atoms with Gasteiger partial charge in [-0.15, -0.1) is 0 Å². The molecule has 0 unspecified atom stereocenters. The summed E-state index contributed by atoms with van der Waals surface area (Å²) in [6, 6.07) is 8.29. The third-order valence-corrected chi connectivity index (χ3v) is 5.73. The molecule has 152 valence electrons. The number of methoxy groups -OCH3 is 1. The zero-order chi connectivity index (χ0) is 19.8. The Labute approximate surface area is 171 Å². The molecule has 1 aliphatic rings. The van der Waals surface area contributed by atoms with Gasteiger partial charge in [-0.3, -0.25) is 4.99 Å². The first-order valence-electron chi connectivity index (χ1n) is 9.89. The first kappa shape index (κ1) is 20.4. The van der Waals surface area contributed by atoms with E-state index in [1.165, 1.54) is 17.1 Å². The Morgan fingerprint density at radius 2 is 1.96 bits per heavy atom. The Kier molecular flexibility index (Phi) is 7.47. The third-order valence-electron chi connectivity index (χ3n) is 4.92. The molecule has 7 nitrogen and oxygen atoms in total. The van der Waals surface area contributed by atoms with Crippen molar-refractivity contribution in [1.82, 2.24) is 19.6 Å². The normalized spacial score (nSPS) is 15.0. The largest absolute Gasteiger partial charge is 0.497 e. The molecule has 1 fully saturated rings. The van der Waals surface area contributed by atoms with Crippen LogP contribution in [-0.4, -0.2) is 67.1 Å². The number of piperazine rings is 1. The molecule has 3 rings (SSSR count). The molecule has 8 heteroatoms. The number of anilines is 1. The Bertz CT molecular complexity index is 752. The summed E-state index contributed by atoms with van der Waals surface area (Å²) in [6.45, 7) is 6.79. The third kappa shape index (κ3) is 5.34. The fourth-order valence-electron chi connectivity index (χ4n) is 3.24. The predicted molar refractivity (Wildman–Crippen MR) is 116 cm³/mol. The van der Waals surface area contributed by atoms with E-state index in [0.29, 0.717) is 0 Å². The van der Waals surface area contributed by atoms with E-state index in [9.17, 15) is 0 Å². The summed E-state index contributed by atoms with van der Waals surface area (Å²) < 4.78 is 9.60. The standard InChI is InChI=1S/C20H30N6OS/c1-4-18-23-20(28-24-18)26-14-12-25(13-15-26)19(21-2)22-11-5-6-16-7-9-17(27-3)10-8-16/h7-10H,4-6,11-15H2,1-3H3,(H,21,22). The second-order valence-corrected chi connectivity index (χ2v) is 7.48. The second kappa shape index (κ2) is 10.3. The molecule has 2 aromatic rings.